The number of quaternary nitrogens is 1. The molecule has 0 saturated carbocycles. The summed E-state index contributed by atoms with van der Waals surface area (Å²) >= 11 is 0. The van der Waals surface area contributed by atoms with Crippen molar-refractivity contribution in [3.63, 3.8) is 0 Å². The number of methoxy groups -OCH3 is 1. The Balaban J connectivity index is 2.48. The Morgan fingerprint density at radius 2 is 2.13 bits per heavy atom. The van der Waals surface area contributed by atoms with Crippen molar-refractivity contribution in [3.8, 4) is 5.75 Å². The Kier molecular flexibility index (Phi) is 5.76. The maximum atomic E-state index is 12.2. The second-order valence-electron chi connectivity index (χ2n) is 5.59. The Labute approximate surface area is 136 Å². The molecule has 0 bridgehead atoms. The second kappa shape index (κ2) is 7.78. The molecule has 0 unspecified atom stereocenters. The monoisotopic (exact) mass is 319 g/mol. The number of aromatic nitrogens is 1. The van der Waals surface area contributed by atoms with Crippen molar-refractivity contribution in [2.45, 2.75) is 6.92 Å². The predicted octanol–water partition coefficient (Wildman–Crippen LogP) is 0.396. The number of anilines is 1. The first kappa shape index (κ1) is 17.0. The van der Waals surface area contributed by atoms with Crippen molar-refractivity contribution in [2.75, 3.05) is 46.2 Å². The van der Waals surface area contributed by atoms with Crippen LogP contribution in [-0.4, -0.2) is 46.9 Å². The first-order valence-electron chi connectivity index (χ1n) is 7.79. The molecular weight excluding hydrogens is 294 g/mol. The normalized spacial score (nSPS) is 10.8. The summed E-state index contributed by atoms with van der Waals surface area (Å²) in [5.41, 5.74) is 2.21. The molecule has 0 saturated heterocycles. The second-order valence-corrected chi connectivity index (χ2v) is 5.59. The number of hydrogen-bond acceptors (Lipinski definition) is 4. The van der Waals surface area contributed by atoms with E-state index in [2.05, 4.69) is 24.4 Å². The highest BCUT2D eigenvalue weighted by molar-refractivity contribution is 6.04. The lowest BCUT2D eigenvalue weighted by Crippen LogP contribution is -3.06. The van der Waals surface area contributed by atoms with E-state index in [4.69, 9.17) is 9.47 Å². The minimum atomic E-state index is -0.340. The van der Waals surface area contributed by atoms with Crippen molar-refractivity contribution in [1.29, 1.82) is 0 Å². The summed E-state index contributed by atoms with van der Waals surface area (Å²) in [5, 5.41) is 4.29. The van der Waals surface area contributed by atoms with Gasteiger partial charge in [-0.15, -0.1) is 0 Å². The highest BCUT2D eigenvalue weighted by atomic mass is 16.5. The molecule has 2 aromatic rings. The van der Waals surface area contributed by atoms with Crippen LogP contribution in [0.4, 0.5) is 5.69 Å². The van der Waals surface area contributed by atoms with Crippen LogP contribution in [0.25, 0.3) is 10.9 Å². The van der Waals surface area contributed by atoms with Gasteiger partial charge in [-0.05, 0) is 19.1 Å². The van der Waals surface area contributed by atoms with E-state index in [1.807, 2.05) is 18.2 Å². The zero-order chi connectivity index (χ0) is 16.8. The van der Waals surface area contributed by atoms with E-state index in [0.29, 0.717) is 12.2 Å². The maximum absolute atomic E-state index is 12.2. The highest BCUT2D eigenvalue weighted by Gasteiger charge is 2.20. The van der Waals surface area contributed by atoms with Crippen LogP contribution in [0.2, 0.25) is 0 Å². The molecule has 0 atom stereocenters. The third kappa shape index (κ3) is 4.10. The quantitative estimate of drug-likeness (QED) is 0.725. The van der Waals surface area contributed by atoms with Gasteiger partial charge in [0.1, 0.15) is 11.3 Å². The van der Waals surface area contributed by atoms with Gasteiger partial charge < -0.3 is 19.7 Å². The van der Waals surface area contributed by atoms with Crippen LogP contribution < -0.4 is 19.9 Å². The molecule has 1 aromatic carbocycles. The van der Waals surface area contributed by atoms with Gasteiger partial charge in [0.2, 0.25) is 5.52 Å². The van der Waals surface area contributed by atoms with Gasteiger partial charge >= 0.3 is 5.97 Å². The van der Waals surface area contributed by atoms with E-state index in [1.54, 1.807) is 20.2 Å². The summed E-state index contributed by atoms with van der Waals surface area (Å²) in [6.07, 6.45) is 1.69. The number of rotatable bonds is 7. The van der Waals surface area contributed by atoms with Crippen LogP contribution in [0.3, 0.4) is 0 Å². The van der Waals surface area contributed by atoms with E-state index in [0.717, 1.165) is 35.4 Å². The van der Waals surface area contributed by atoms with Crippen molar-refractivity contribution < 1.29 is 24.2 Å². The first-order valence-corrected chi connectivity index (χ1v) is 7.79. The Morgan fingerprint density at radius 3 is 2.78 bits per heavy atom. The molecule has 1 heterocycles. The van der Waals surface area contributed by atoms with E-state index in [9.17, 15) is 4.79 Å². The van der Waals surface area contributed by atoms with E-state index in [-0.39, 0.29) is 5.97 Å². The molecule has 0 aliphatic rings. The van der Waals surface area contributed by atoms with Gasteiger partial charge in [-0.2, -0.15) is 0 Å². The van der Waals surface area contributed by atoms with Crippen LogP contribution in [0.5, 0.6) is 5.75 Å². The highest BCUT2D eigenvalue weighted by Crippen LogP contribution is 2.28. The van der Waals surface area contributed by atoms with E-state index >= 15 is 0 Å². The van der Waals surface area contributed by atoms with Crippen LogP contribution in [0.1, 0.15) is 17.3 Å². The summed E-state index contributed by atoms with van der Waals surface area (Å²) < 4.78 is 10.5. The van der Waals surface area contributed by atoms with Gasteiger partial charge in [-0.3, -0.25) is 0 Å². The van der Waals surface area contributed by atoms with Crippen LogP contribution in [0.15, 0.2) is 24.4 Å². The fourth-order valence-corrected chi connectivity index (χ4v) is 2.35. The lowest BCUT2D eigenvalue weighted by molar-refractivity contribution is -0.856. The van der Waals surface area contributed by atoms with Crippen LogP contribution in [-0.2, 0) is 4.74 Å². The standard InChI is InChI=1S/C17H23N3O3/c1-5-23-17(21)14-11-19-15-7-6-12(22-4)10-13(15)16(14)18-8-9-20(2)3/h6-7,10-11H,5,8-9H2,1-4H3,(H,18,19)/p+2. The Hall–Kier alpha value is -2.34. The molecule has 2 rings (SSSR count). The summed E-state index contributed by atoms with van der Waals surface area (Å²) in [6.45, 7) is 3.84. The third-order valence-electron chi connectivity index (χ3n) is 3.56. The van der Waals surface area contributed by atoms with E-state index in [1.165, 1.54) is 4.90 Å². The molecule has 0 aliphatic carbocycles. The number of carbonyl (C=O) groups is 1. The zero-order valence-corrected chi connectivity index (χ0v) is 14.2. The largest absolute Gasteiger partial charge is 0.497 e. The molecule has 3 N–H and O–H groups in total. The summed E-state index contributed by atoms with van der Waals surface area (Å²) in [4.78, 5) is 16.7. The summed E-state index contributed by atoms with van der Waals surface area (Å²) in [6, 6.07) is 5.74. The number of aromatic amines is 1. The van der Waals surface area contributed by atoms with Gasteiger partial charge in [0.25, 0.3) is 0 Å². The molecule has 6 nitrogen and oxygen atoms in total. The van der Waals surface area contributed by atoms with Gasteiger partial charge in [0.05, 0.1) is 52.0 Å². The number of carbonyl (C=O) groups excluding carboxylic acids is 1. The minimum absolute atomic E-state index is 0.340. The molecule has 124 valence electrons. The minimum Gasteiger partial charge on any atom is -0.497 e. The number of likely N-dealkylation sites (N-methyl/N-ethyl adjacent to an activating group) is 1. The van der Waals surface area contributed by atoms with Crippen molar-refractivity contribution in [3.05, 3.63) is 30.0 Å². The average molecular weight is 319 g/mol. The lowest BCUT2D eigenvalue weighted by atomic mass is 10.1. The summed E-state index contributed by atoms with van der Waals surface area (Å²) in [5.74, 6) is 0.404. The number of nitrogens with one attached hydrogen (secondary N) is 3. The Bertz CT molecular complexity index is 686. The van der Waals surface area contributed by atoms with Gasteiger partial charge in [-0.1, -0.05) is 0 Å². The Morgan fingerprint density at radius 1 is 1.35 bits per heavy atom. The molecule has 0 fully saturated rings. The number of H-pyrrole nitrogens is 1. The molecule has 0 radical (unpaired) electrons. The van der Waals surface area contributed by atoms with Crippen molar-refractivity contribution in [1.82, 2.24) is 0 Å². The number of hydrogen-bond donors (Lipinski definition) is 2. The lowest BCUT2D eigenvalue weighted by Gasteiger charge is -2.13. The maximum Gasteiger partial charge on any atom is 0.346 e. The number of pyridine rings is 1. The fraction of sp³-hybridized carbons (Fsp3) is 0.412. The third-order valence-corrected chi connectivity index (χ3v) is 3.56. The van der Waals surface area contributed by atoms with Gasteiger partial charge in [-0.25, -0.2) is 9.78 Å². The van der Waals surface area contributed by atoms with Gasteiger partial charge in [0.15, 0.2) is 6.20 Å². The van der Waals surface area contributed by atoms with Crippen LogP contribution >= 0.6 is 0 Å². The van der Waals surface area contributed by atoms with Crippen molar-refractivity contribution in [2.24, 2.45) is 0 Å². The molecule has 0 amide bonds. The van der Waals surface area contributed by atoms with Crippen molar-refractivity contribution >= 4 is 22.6 Å². The predicted molar refractivity (Wildman–Crippen MR) is 89.2 cm³/mol. The topological polar surface area (TPSA) is 66.1 Å². The van der Waals surface area contributed by atoms with E-state index < -0.39 is 0 Å². The van der Waals surface area contributed by atoms with Gasteiger partial charge in [0, 0.05) is 6.07 Å². The summed E-state index contributed by atoms with van der Waals surface area (Å²) in [7, 11) is 5.81. The fourth-order valence-electron chi connectivity index (χ4n) is 2.35. The SMILES string of the molecule is CCOC(=O)c1c[nH+]c2ccc(OC)cc2c1NCC[NH+](C)C. The zero-order valence-electron chi connectivity index (χ0n) is 14.2. The molecule has 6 heteroatoms. The number of esters is 1. The molecule has 0 aliphatic heterocycles. The average Bonchev–Trinajstić information content (AvgIpc) is 2.54. The molecule has 0 spiro atoms. The first-order chi connectivity index (χ1) is 11.1. The molecule has 23 heavy (non-hydrogen) atoms. The molecular formula is C17H25N3O3+2. The van der Waals surface area contributed by atoms with Crippen LogP contribution in [0, 0.1) is 0 Å². The molecule has 1 aromatic heterocycles. The number of fused-ring (bicyclic) bond motifs is 1. The number of benzene rings is 1. The number of ether oxygens (including phenoxy) is 2. The smallest absolute Gasteiger partial charge is 0.346 e.